The van der Waals surface area contributed by atoms with Gasteiger partial charge in [0, 0.05) is 12.5 Å². The highest BCUT2D eigenvalue weighted by Crippen LogP contribution is 2.37. The van der Waals surface area contributed by atoms with E-state index in [1.54, 1.807) is 0 Å². The second kappa shape index (κ2) is 4.10. The minimum absolute atomic E-state index is 0.717. The van der Waals surface area contributed by atoms with Gasteiger partial charge in [-0.25, -0.2) is 0 Å². The number of benzene rings is 1. The largest absolute Gasteiger partial charge is 0.493 e. The molecular formula is C14H19NO. The maximum atomic E-state index is 5.55. The van der Waals surface area contributed by atoms with Gasteiger partial charge in [-0.3, -0.25) is 0 Å². The van der Waals surface area contributed by atoms with Crippen LogP contribution in [0.15, 0.2) is 18.2 Å². The molecule has 0 saturated heterocycles. The fourth-order valence-electron chi connectivity index (χ4n) is 3.01. The molecule has 0 aromatic heterocycles. The third-order valence-corrected chi connectivity index (χ3v) is 4.03. The van der Waals surface area contributed by atoms with Crippen LogP contribution in [0, 0.1) is 0 Å². The molecule has 0 amide bonds. The lowest BCUT2D eigenvalue weighted by molar-refractivity contribution is 0.357. The van der Waals surface area contributed by atoms with Gasteiger partial charge in [0.1, 0.15) is 5.75 Å². The maximum absolute atomic E-state index is 5.55. The lowest BCUT2D eigenvalue weighted by Gasteiger charge is -2.12. The predicted molar refractivity (Wildman–Crippen MR) is 65.1 cm³/mol. The molecule has 0 bridgehead atoms. The van der Waals surface area contributed by atoms with E-state index in [4.69, 9.17) is 4.74 Å². The zero-order valence-electron chi connectivity index (χ0n) is 9.83. The van der Waals surface area contributed by atoms with Gasteiger partial charge < -0.3 is 10.1 Å². The molecular weight excluding hydrogens is 198 g/mol. The summed E-state index contributed by atoms with van der Waals surface area (Å²) in [5, 5.41) is 3.39. The summed E-state index contributed by atoms with van der Waals surface area (Å²) in [6, 6.07) is 7.50. The zero-order valence-corrected chi connectivity index (χ0v) is 9.83. The highest BCUT2D eigenvalue weighted by molar-refractivity contribution is 5.41. The van der Waals surface area contributed by atoms with Crippen LogP contribution in [0.1, 0.15) is 36.3 Å². The van der Waals surface area contributed by atoms with E-state index in [1.807, 2.05) is 0 Å². The molecule has 0 radical (unpaired) electrons. The summed E-state index contributed by atoms with van der Waals surface area (Å²) in [6.45, 7) is 0.864. The van der Waals surface area contributed by atoms with E-state index in [-0.39, 0.29) is 0 Å². The second-order valence-electron chi connectivity index (χ2n) is 4.96. The number of hydrogen-bond acceptors (Lipinski definition) is 2. The normalized spacial score (nSPS) is 27.8. The first kappa shape index (κ1) is 10.2. The van der Waals surface area contributed by atoms with Crippen molar-refractivity contribution in [3.8, 4) is 5.75 Å². The van der Waals surface area contributed by atoms with Crippen molar-refractivity contribution in [1.29, 1.82) is 0 Å². The van der Waals surface area contributed by atoms with Crippen LogP contribution >= 0.6 is 0 Å². The van der Waals surface area contributed by atoms with Crippen LogP contribution in [0.2, 0.25) is 0 Å². The summed E-state index contributed by atoms with van der Waals surface area (Å²) in [5.41, 5.74) is 2.92. The minimum Gasteiger partial charge on any atom is -0.493 e. The predicted octanol–water partition coefficient (Wildman–Crippen LogP) is 2.48. The monoisotopic (exact) mass is 217 g/mol. The van der Waals surface area contributed by atoms with Crippen LogP contribution in [0.4, 0.5) is 0 Å². The first-order chi connectivity index (χ1) is 7.86. The molecule has 0 spiro atoms. The number of fused-ring (bicyclic) bond motifs is 1. The molecule has 3 rings (SSSR count). The third-order valence-electron chi connectivity index (χ3n) is 4.03. The van der Waals surface area contributed by atoms with Crippen molar-refractivity contribution in [3.63, 3.8) is 0 Å². The first-order valence-corrected chi connectivity index (χ1v) is 6.29. The summed E-state index contributed by atoms with van der Waals surface area (Å²) in [7, 11) is 2.07. The van der Waals surface area contributed by atoms with Crippen molar-refractivity contribution < 1.29 is 4.74 Å². The van der Waals surface area contributed by atoms with Crippen molar-refractivity contribution >= 4 is 0 Å². The Balaban J connectivity index is 1.80. The van der Waals surface area contributed by atoms with Crippen molar-refractivity contribution in [1.82, 2.24) is 5.32 Å². The van der Waals surface area contributed by atoms with Gasteiger partial charge in [-0.2, -0.15) is 0 Å². The number of hydrogen-bond donors (Lipinski definition) is 1. The van der Waals surface area contributed by atoms with E-state index in [9.17, 15) is 0 Å². The van der Waals surface area contributed by atoms with Crippen LogP contribution in [0.3, 0.4) is 0 Å². The molecule has 1 aliphatic carbocycles. The van der Waals surface area contributed by atoms with E-state index >= 15 is 0 Å². The molecule has 1 aliphatic heterocycles. The van der Waals surface area contributed by atoms with Gasteiger partial charge >= 0.3 is 0 Å². The Morgan fingerprint density at radius 3 is 3.06 bits per heavy atom. The Hall–Kier alpha value is -1.02. The Morgan fingerprint density at radius 1 is 1.31 bits per heavy atom. The van der Waals surface area contributed by atoms with Crippen LogP contribution in [0.5, 0.6) is 5.75 Å². The van der Waals surface area contributed by atoms with E-state index in [1.165, 1.54) is 30.4 Å². The Kier molecular flexibility index (Phi) is 2.60. The van der Waals surface area contributed by atoms with E-state index in [2.05, 4.69) is 30.6 Å². The second-order valence-corrected chi connectivity index (χ2v) is 4.96. The average molecular weight is 217 g/mol. The summed E-state index contributed by atoms with van der Waals surface area (Å²) >= 11 is 0. The van der Waals surface area contributed by atoms with Gasteiger partial charge in [-0.15, -0.1) is 0 Å². The lowest BCUT2D eigenvalue weighted by Crippen LogP contribution is -2.21. The van der Waals surface area contributed by atoms with Gasteiger partial charge in [-0.1, -0.05) is 12.1 Å². The van der Waals surface area contributed by atoms with Crippen molar-refractivity contribution in [3.05, 3.63) is 29.3 Å². The van der Waals surface area contributed by atoms with Crippen molar-refractivity contribution in [2.24, 2.45) is 0 Å². The highest BCUT2D eigenvalue weighted by Gasteiger charge is 2.25. The smallest absolute Gasteiger partial charge is 0.122 e. The van der Waals surface area contributed by atoms with Gasteiger partial charge in [0.05, 0.1) is 6.61 Å². The van der Waals surface area contributed by atoms with Crippen molar-refractivity contribution in [2.45, 2.75) is 37.6 Å². The van der Waals surface area contributed by atoms with Crippen LogP contribution < -0.4 is 10.1 Å². The summed E-state index contributed by atoms with van der Waals surface area (Å²) < 4.78 is 5.55. The quantitative estimate of drug-likeness (QED) is 0.821. The molecule has 1 aromatic carbocycles. The number of nitrogens with one attached hydrogen (secondary N) is 1. The Bertz CT molecular complexity index is 388. The summed E-state index contributed by atoms with van der Waals surface area (Å²) in [5.74, 6) is 1.86. The van der Waals surface area contributed by atoms with Gasteiger partial charge in [0.15, 0.2) is 0 Å². The van der Waals surface area contributed by atoms with Crippen LogP contribution in [-0.2, 0) is 6.42 Å². The summed E-state index contributed by atoms with van der Waals surface area (Å²) in [6.07, 6.45) is 5.02. The third kappa shape index (κ3) is 1.71. The molecule has 1 aromatic rings. The fourth-order valence-corrected chi connectivity index (χ4v) is 3.01. The SMILES string of the molecule is CNC1CCC(c2ccc3c(c2)CCO3)C1. The minimum atomic E-state index is 0.717. The molecule has 2 unspecified atom stereocenters. The molecule has 2 aliphatic rings. The standard InChI is InChI=1S/C14H19NO/c1-15-13-4-2-11(9-13)10-3-5-14-12(8-10)6-7-16-14/h3,5,8,11,13,15H,2,4,6-7,9H2,1H3. The van der Waals surface area contributed by atoms with E-state index in [0.29, 0.717) is 0 Å². The molecule has 2 nitrogen and oxygen atoms in total. The lowest BCUT2D eigenvalue weighted by atomic mass is 9.95. The van der Waals surface area contributed by atoms with Gasteiger partial charge in [0.2, 0.25) is 0 Å². The van der Waals surface area contributed by atoms with E-state index < -0.39 is 0 Å². The molecule has 16 heavy (non-hydrogen) atoms. The van der Waals surface area contributed by atoms with E-state index in [0.717, 1.165) is 30.7 Å². The maximum Gasteiger partial charge on any atom is 0.122 e. The van der Waals surface area contributed by atoms with Crippen molar-refractivity contribution in [2.75, 3.05) is 13.7 Å². The van der Waals surface area contributed by atoms with Gasteiger partial charge in [0.25, 0.3) is 0 Å². The molecule has 2 heteroatoms. The van der Waals surface area contributed by atoms with Gasteiger partial charge in [-0.05, 0) is 49.4 Å². The summed E-state index contributed by atoms with van der Waals surface area (Å²) in [4.78, 5) is 0. The Morgan fingerprint density at radius 2 is 2.25 bits per heavy atom. The number of rotatable bonds is 2. The van der Waals surface area contributed by atoms with Crippen LogP contribution in [0.25, 0.3) is 0 Å². The molecule has 2 atom stereocenters. The molecule has 1 fully saturated rings. The highest BCUT2D eigenvalue weighted by atomic mass is 16.5. The molecule has 1 heterocycles. The number of ether oxygens (including phenoxy) is 1. The molecule has 1 N–H and O–H groups in total. The zero-order chi connectivity index (χ0) is 11.0. The topological polar surface area (TPSA) is 21.3 Å². The Labute approximate surface area is 97.0 Å². The average Bonchev–Trinajstić information content (AvgIpc) is 2.96. The molecule has 1 saturated carbocycles. The molecule has 86 valence electrons. The fraction of sp³-hybridized carbons (Fsp3) is 0.571. The van der Waals surface area contributed by atoms with Crippen LogP contribution in [-0.4, -0.2) is 19.7 Å². The first-order valence-electron chi connectivity index (χ1n) is 6.29.